The number of carbonyl (C=O) groups excluding carboxylic acids is 2. The highest BCUT2D eigenvalue weighted by Gasteiger charge is 2.67. The number of para-hydroxylation sites is 1. The van der Waals surface area contributed by atoms with Gasteiger partial charge < -0.3 is 14.4 Å². The van der Waals surface area contributed by atoms with Crippen molar-refractivity contribution in [1.29, 1.82) is 0 Å². The smallest absolute Gasteiger partial charge is 0.345 e. The summed E-state index contributed by atoms with van der Waals surface area (Å²) in [6.45, 7) is 2.06. The van der Waals surface area contributed by atoms with Crippen LogP contribution >= 0.6 is 0 Å². The number of hydrogen-bond acceptors (Lipinski definition) is 6. The lowest BCUT2D eigenvalue weighted by atomic mass is 9.72. The number of piperidine rings is 1. The Morgan fingerprint density at radius 2 is 1.23 bits per heavy atom. The predicted molar refractivity (Wildman–Crippen MR) is 136 cm³/mol. The highest BCUT2D eigenvalue weighted by molar-refractivity contribution is 5.94. The Morgan fingerprint density at radius 3 is 1.77 bits per heavy atom. The van der Waals surface area contributed by atoms with Gasteiger partial charge in [-0.2, -0.15) is 0 Å². The maximum Gasteiger partial charge on any atom is 0.345 e. The van der Waals surface area contributed by atoms with Gasteiger partial charge in [0.15, 0.2) is 0 Å². The van der Waals surface area contributed by atoms with Crippen LogP contribution < -0.4 is 4.90 Å². The molecule has 4 aliphatic rings. The number of carbonyl (C=O) groups is 2. The molecule has 2 saturated heterocycles. The Labute approximate surface area is 209 Å². The van der Waals surface area contributed by atoms with E-state index in [4.69, 9.17) is 9.47 Å². The number of likely N-dealkylation sites (tertiary alicyclic amines) is 1. The highest BCUT2D eigenvalue weighted by Crippen LogP contribution is 2.55. The van der Waals surface area contributed by atoms with Gasteiger partial charge in [-0.05, 0) is 37.8 Å². The van der Waals surface area contributed by atoms with Gasteiger partial charge in [-0.3, -0.25) is 4.90 Å². The summed E-state index contributed by atoms with van der Waals surface area (Å²) in [4.78, 5) is 29.5. The van der Waals surface area contributed by atoms with Gasteiger partial charge in [0, 0.05) is 37.0 Å². The Hall–Kier alpha value is -2.34. The molecule has 0 unspecified atom stereocenters. The van der Waals surface area contributed by atoms with Crippen LogP contribution in [0.25, 0.3) is 0 Å². The number of benzene rings is 1. The van der Waals surface area contributed by atoms with Gasteiger partial charge in [0.25, 0.3) is 0 Å². The summed E-state index contributed by atoms with van der Waals surface area (Å²) < 4.78 is 11.5. The monoisotopic (exact) mass is 480 g/mol. The first-order valence-corrected chi connectivity index (χ1v) is 13.8. The van der Waals surface area contributed by atoms with Crippen molar-refractivity contribution in [2.24, 2.45) is 0 Å². The molecule has 3 heterocycles. The molecule has 6 heteroatoms. The van der Waals surface area contributed by atoms with Gasteiger partial charge in [-0.1, -0.05) is 76.0 Å². The van der Waals surface area contributed by atoms with Crippen molar-refractivity contribution in [3.63, 3.8) is 0 Å². The van der Waals surface area contributed by atoms with E-state index >= 15 is 0 Å². The fourth-order valence-corrected chi connectivity index (χ4v) is 6.81. The quantitative estimate of drug-likeness (QED) is 0.505. The second-order valence-corrected chi connectivity index (χ2v) is 10.9. The number of nitrogens with zero attached hydrogens (tertiary/aromatic N) is 2. The summed E-state index contributed by atoms with van der Waals surface area (Å²) in [5.74, 6) is -2.41. The van der Waals surface area contributed by atoms with E-state index in [9.17, 15) is 9.59 Å². The first-order chi connectivity index (χ1) is 17.1. The van der Waals surface area contributed by atoms with E-state index in [0.717, 1.165) is 43.8 Å². The molecule has 0 aromatic heterocycles. The minimum Gasteiger partial charge on any atom is -0.400 e. The third kappa shape index (κ3) is 5.28. The molecule has 1 saturated carbocycles. The van der Waals surface area contributed by atoms with Gasteiger partial charge in [0.05, 0.1) is 12.0 Å². The normalized spacial score (nSPS) is 26.2. The Bertz CT molecular complexity index is 875. The second-order valence-electron chi connectivity index (χ2n) is 10.9. The molecule has 1 aromatic carbocycles. The zero-order chi connectivity index (χ0) is 24.1. The van der Waals surface area contributed by atoms with Crippen molar-refractivity contribution >= 4 is 17.6 Å². The van der Waals surface area contributed by atoms with E-state index in [2.05, 4.69) is 9.80 Å². The van der Waals surface area contributed by atoms with Gasteiger partial charge in [-0.25, -0.2) is 9.59 Å². The minimum atomic E-state index is -1.35. The van der Waals surface area contributed by atoms with Crippen LogP contribution in [0, 0.1) is 0 Å². The summed E-state index contributed by atoms with van der Waals surface area (Å²) in [5.41, 5.74) is 0.759. The van der Waals surface area contributed by atoms with Crippen LogP contribution in [0.5, 0.6) is 0 Å². The molecule has 35 heavy (non-hydrogen) atoms. The Morgan fingerprint density at radius 1 is 0.714 bits per heavy atom. The number of rotatable bonds is 2. The van der Waals surface area contributed by atoms with E-state index in [1.165, 1.54) is 70.6 Å². The van der Waals surface area contributed by atoms with Crippen molar-refractivity contribution in [3.05, 3.63) is 42.5 Å². The molecular formula is C29H40N2O4. The van der Waals surface area contributed by atoms with Gasteiger partial charge in [-0.15, -0.1) is 0 Å². The fraction of sp³-hybridized carbons (Fsp3) is 0.655. The predicted octanol–water partition coefficient (Wildman–Crippen LogP) is 5.71. The lowest BCUT2D eigenvalue weighted by Gasteiger charge is -2.65. The summed E-state index contributed by atoms with van der Waals surface area (Å²) in [5, 5.41) is 0. The lowest BCUT2D eigenvalue weighted by Crippen LogP contribution is -2.78. The van der Waals surface area contributed by atoms with Crippen LogP contribution in [-0.4, -0.2) is 47.4 Å². The number of esters is 2. The van der Waals surface area contributed by atoms with E-state index in [0.29, 0.717) is 12.5 Å². The molecule has 0 amide bonds. The summed E-state index contributed by atoms with van der Waals surface area (Å²) >= 11 is 0. The summed E-state index contributed by atoms with van der Waals surface area (Å²) in [6.07, 6.45) is 19.8. The molecule has 5 rings (SSSR count). The molecule has 2 spiro atoms. The maximum absolute atomic E-state index is 12.3. The summed E-state index contributed by atoms with van der Waals surface area (Å²) in [6, 6.07) is 10.6. The molecular weight excluding hydrogens is 440 g/mol. The van der Waals surface area contributed by atoms with Crippen LogP contribution in [0.3, 0.4) is 0 Å². The molecule has 0 atom stereocenters. The first kappa shape index (κ1) is 24.4. The van der Waals surface area contributed by atoms with Crippen LogP contribution in [0.2, 0.25) is 0 Å². The van der Waals surface area contributed by atoms with Gasteiger partial charge >= 0.3 is 17.8 Å². The Kier molecular flexibility index (Phi) is 7.47. The largest absolute Gasteiger partial charge is 0.400 e. The van der Waals surface area contributed by atoms with Gasteiger partial charge in [0.1, 0.15) is 0 Å². The first-order valence-electron chi connectivity index (χ1n) is 13.8. The minimum absolute atomic E-state index is 0.172. The number of ether oxygens (including phenoxy) is 2. The molecule has 0 radical (unpaired) electrons. The van der Waals surface area contributed by atoms with Crippen molar-refractivity contribution in [2.75, 3.05) is 18.0 Å². The lowest BCUT2D eigenvalue weighted by molar-refractivity contribution is -0.267. The number of hydrogen-bond donors (Lipinski definition) is 0. The molecule has 3 aliphatic heterocycles. The maximum atomic E-state index is 12.3. The second kappa shape index (κ2) is 10.7. The SMILES string of the molecule is O=C1C=CC(=O)OC2(CC3(CCN(C4CCCCCCCCCCC4)CC3)N2c2ccccc2)O1. The topological polar surface area (TPSA) is 59.1 Å². The van der Waals surface area contributed by atoms with E-state index < -0.39 is 17.8 Å². The Balaban J connectivity index is 1.30. The number of anilines is 1. The van der Waals surface area contributed by atoms with E-state index in [1.54, 1.807) is 0 Å². The average Bonchev–Trinajstić information content (AvgIpc) is 2.99. The molecule has 190 valence electrons. The average molecular weight is 481 g/mol. The van der Waals surface area contributed by atoms with Crippen LogP contribution in [0.1, 0.15) is 89.9 Å². The van der Waals surface area contributed by atoms with E-state index in [1.807, 2.05) is 30.3 Å². The van der Waals surface area contributed by atoms with Crippen molar-refractivity contribution in [2.45, 2.75) is 107 Å². The van der Waals surface area contributed by atoms with Crippen molar-refractivity contribution in [1.82, 2.24) is 4.90 Å². The third-order valence-corrected chi connectivity index (χ3v) is 8.58. The van der Waals surface area contributed by atoms with Crippen LogP contribution in [-0.2, 0) is 19.1 Å². The van der Waals surface area contributed by atoms with Crippen LogP contribution in [0.15, 0.2) is 42.5 Å². The van der Waals surface area contributed by atoms with E-state index in [-0.39, 0.29) is 5.54 Å². The standard InChI is InChI=1S/C29H40N2O4/c32-26-17-18-27(33)35-29(34-26)23-28(31(29)25-15-11-8-12-16-25)19-21-30(22-20-28)24-13-9-6-4-2-1-3-5-7-10-14-24/h8,11-12,15-18,24H,1-7,9-10,13-14,19-23H2. The zero-order valence-electron chi connectivity index (χ0n) is 21.0. The molecule has 3 fully saturated rings. The molecule has 1 aromatic rings. The van der Waals surface area contributed by atoms with Crippen molar-refractivity contribution in [3.8, 4) is 0 Å². The fourth-order valence-electron chi connectivity index (χ4n) is 6.81. The van der Waals surface area contributed by atoms with Crippen molar-refractivity contribution < 1.29 is 19.1 Å². The van der Waals surface area contributed by atoms with Gasteiger partial charge in [0.2, 0.25) is 0 Å². The molecule has 1 aliphatic carbocycles. The highest BCUT2D eigenvalue weighted by atomic mass is 16.8. The molecule has 0 N–H and O–H groups in total. The zero-order valence-corrected chi connectivity index (χ0v) is 21.0. The van der Waals surface area contributed by atoms with Crippen LogP contribution in [0.4, 0.5) is 5.69 Å². The third-order valence-electron chi connectivity index (χ3n) is 8.58. The summed E-state index contributed by atoms with van der Waals surface area (Å²) in [7, 11) is 0. The molecule has 0 bridgehead atoms. The molecule has 6 nitrogen and oxygen atoms in total.